The van der Waals surface area contributed by atoms with Gasteiger partial charge in [-0.2, -0.15) is 0 Å². The smallest absolute Gasteiger partial charge is 0.251 e. The van der Waals surface area contributed by atoms with Crippen LogP contribution < -0.4 is 14.8 Å². The summed E-state index contributed by atoms with van der Waals surface area (Å²) in [5.41, 5.74) is 3.05. The summed E-state index contributed by atoms with van der Waals surface area (Å²) in [6, 6.07) is 12.8. The number of rotatable bonds is 6. The van der Waals surface area contributed by atoms with E-state index in [-0.39, 0.29) is 12.5 Å². The van der Waals surface area contributed by atoms with Gasteiger partial charge in [0.2, 0.25) is 5.88 Å². The van der Waals surface area contributed by atoms with E-state index in [1.165, 1.54) is 0 Å². The Morgan fingerprint density at radius 2 is 1.93 bits per heavy atom. The van der Waals surface area contributed by atoms with Crippen LogP contribution in [0.5, 0.6) is 17.4 Å². The summed E-state index contributed by atoms with van der Waals surface area (Å²) in [6.45, 7) is 4.06. The number of carbonyl (C=O) groups excluding carboxylic acids is 1. The monoisotopic (exact) mass is 363 g/mol. The molecule has 0 atom stereocenters. The van der Waals surface area contributed by atoms with Crippen LogP contribution in [0, 0.1) is 13.8 Å². The molecule has 0 aliphatic rings. The molecule has 3 aromatic rings. The van der Waals surface area contributed by atoms with E-state index in [0.29, 0.717) is 22.9 Å². The zero-order chi connectivity index (χ0) is 19.2. The average molecular weight is 363 g/mol. The largest absolute Gasteiger partial charge is 0.496 e. The predicted octanol–water partition coefficient (Wildman–Crippen LogP) is 3.82. The third-order valence-corrected chi connectivity index (χ3v) is 4.14. The van der Waals surface area contributed by atoms with Crippen molar-refractivity contribution in [2.24, 2.45) is 0 Å². The van der Waals surface area contributed by atoms with Crippen molar-refractivity contribution in [3.8, 4) is 17.4 Å². The van der Waals surface area contributed by atoms with E-state index in [2.05, 4.69) is 15.3 Å². The standard InChI is InChI=1S/C21H21N3O3/c1-14-9-10-17(13-23-14)27-21-16(6-5-11-22-21)12-24-20(25)18-7-4-8-19(26-3)15(18)2/h4-11,13H,12H2,1-3H3,(H,24,25). The van der Waals surface area contributed by atoms with Gasteiger partial charge < -0.3 is 14.8 Å². The highest BCUT2D eigenvalue weighted by Gasteiger charge is 2.13. The lowest BCUT2D eigenvalue weighted by molar-refractivity contribution is 0.0949. The number of hydrogen-bond acceptors (Lipinski definition) is 5. The molecular weight excluding hydrogens is 342 g/mol. The minimum atomic E-state index is -0.182. The summed E-state index contributed by atoms with van der Waals surface area (Å²) in [4.78, 5) is 21.1. The summed E-state index contributed by atoms with van der Waals surface area (Å²) in [6.07, 6.45) is 3.29. The van der Waals surface area contributed by atoms with Crippen LogP contribution in [0.4, 0.5) is 0 Å². The number of nitrogens with one attached hydrogen (secondary N) is 1. The Morgan fingerprint density at radius 3 is 2.67 bits per heavy atom. The van der Waals surface area contributed by atoms with Gasteiger partial charge >= 0.3 is 0 Å². The molecule has 27 heavy (non-hydrogen) atoms. The molecule has 2 aromatic heterocycles. The molecule has 0 bridgehead atoms. The van der Waals surface area contributed by atoms with Crippen molar-refractivity contribution < 1.29 is 14.3 Å². The van der Waals surface area contributed by atoms with Crippen molar-refractivity contribution >= 4 is 5.91 Å². The molecule has 0 unspecified atom stereocenters. The van der Waals surface area contributed by atoms with Gasteiger partial charge in [0.15, 0.2) is 0 Å². The van der Waals surface area contributed by atoms with Gasteiger partial charge in [0.05, 0.1) is 13.3 Å². The maximum atomic E-state index is 12.6. The first-order chi connectivity index (χ1) is 13.1. The number of carbonyl (C=O) groups is 1. The zero-order valence-corrected chi connectivity index (χ0v) is 15.5. The van der Waals surface area contributed by atoms with Crippen molar-refractivity contribution in [3.05, 3.63) is 77.2 Å². The third kappa shape index (κ3) is 4.41. The summed E-state index contributed by atoms with van der Waals surface area (Å²) in [5, 5.41) is 2.91. The molecule has 6 nitrogen and oxygen atoms in total. The van der Waals surface area contributed by atoms with Gasteiger partial charge in [0.25, 0.3) is 5.91 Å². The van der Waals surface area contributed by atoms with E-state index in [0.717, 1.165) is 16.8 Å². The second-order valence-electron chi connectivity index (χ2n) is 6.02. The number of aryl methyl sites for hydroxylation is 1. The third-order valence-electron chi connectivity index (χ3n) is 4.14. The molecule has 138 valence electrons. The molecule has 3 rings (SSSR count). The molecule has 1 amide bonds. The minimum absolute atomic E-state index is 0.182. The van der Waals surface area contributed by atoms with Gasteiger partial charge in [-0.05, 0) is 44.2 Å². The molecule has 0 saturated carbocycles. The predicted molar refractivity (Wildman–Crippen MR) is 102 cm³/mol. The Hall–Kier alpha value is -3.41. The molecule has 2 heterocycles. The van der Waals surface area contributed by atoms with Gasteiger partial charge in [-0.1, -0.05) is 12.1 Å². The molecule has 1 aromatic carbocycles. The molecule has 0 saturated heterocycles. The Morgan fingerprint density at radius 1 is 1.07 bits per heavy atom. The van der Waals surface area contributed by atoms with Crippen LogP contribution in [-0.4, -0.2) is 23.0 Å². The highest BCUT2D eigenvalue weighted by atomic mass is 16.5. The number of nitrogens with zero attached hydrogens (tertiary/aromatic N) is 2. The molecule has 1 N–H and O–H groups in total. The number of pyridine rings is 2. The van der Waals surface area contributed by atoms with Crippen molar-refractivity contribution in [1.29, 1.82) is 0 Å². The Bertz CT molecular complexity index is 940. The highest BCUT2D eigenvalue weighted by Crippen LogP contribution is 2.23. The van der Waals surface area contributed by atoms with Gasteiger partial charge in [0.1, 0.15) is 11.5 Å². The SMILES string of the molecule is COc1cccc(C(=O)NCc2cccnc2Oc2ccc(C)nc2)c1C. The zero-order valence-electron chi connectivity index (χ0n) is 15.5. The average Bonchev–Trinajstić information content (AvgIpc) is 2.69. The number of ether oxygens (including phenoxy) is 2. The van der Waals surface area contributed by atoms with Crippen molar-refractivity contribution in [2.75, 3.05) is 7.11 Å². The van der Waals surface area contributed by atoms with Gasteiger partial charge in [-0.15, -0.1) is 0 Å². The molecule has 0 radical (unpaired) electrons. The summed E-state index contributed by atoms with van der Waals surface area (Å²) >= 11 is 0. The van der Waals surface area contributed by atoms with E-state index in [1.807, 2.05) is 38.1 Å². The van der Waals surface area contributed by atoms with Crippen LogP contribution in [0.2, 0.25) is 0 Å². The number of aromatic nitrogens is 2. The number of amides is 1. The van der Waals surface area contributed by atoms with Crippen LogP contribution in [0.3, 0.4) is 0 Å². The van der Waals surface area contributed by atoms with Gasteiger partial charge in [-0.25, -0.2) is 4.98 Å². The second kappa shape index (κ2) is 8.31. The molecule has 0 aliphatic carbocycles. The maximum absolute atomic E-state index is 12.6. The lowest BCUT2D eigenvalue weighted by atomic mass is 10.1. The van der Waals surface area contributed by atoms with E-state index in [4.69, 9.17) is 9.47 Å². The van der Waals surface area contributed by atoms with E-state index >= 15 is 0 Å². The van der Waals surface area contributed by atoms with Crippen molar-refractivity contribution in [2.45, 2.75) is 20.4 Å². The minimum Gasteiger partial charge on any atom is -0.496 e. The Kier molecular flexibility index (Phi) is 5.66. The van der Waals surface area contributed by atoms with Crippen LogP contribution in [0.1, 0.15) is 27.2 Å². The normalized spacial score (nSPS) is 10.3. The van der Waals surface area contributed by atoms with E-state index < -0.39 is 0 Å². The van der Waals surface area contributed by atoms with E-state index in [1.54, 1.807) is 37.7 Å². The number of methoxy groups -OCH3 is 1. The molecule has 6 heteroatoms. The lowest BCUT2D eigenvalue weighted by Gasteiger charge is -2.12. The van der Waals surface area contributed by atoms with Crippen LogP contribution >= 0.6 is 0 Å². The maximum Gasteiger partial charge on any atom is 0.251 e. The number of benzene rings is 1. The summed E-state index contributed by atoms with van der Waals surface area (Å²) in [7, 11) is 1.59. The topological polar surface area (TPSA) is 73.3 Å². The molecule has 0 aliphatic heterocycles. The summed E-state index contributed by atoms with van der Waals surface area (Å²) in [5.74, 6) is 1.53. The van der Waals surface area contributed by atoms with Crippen molar-refractivity contribution in [1.82, 2.24) is 15.3 Å². The van der Waals surface area contributed by atoms with Gasteiger partial charge in [0, 0.05) is 35.1 Å². The Labute approximate surface area is 158 Å². The first-order valence-corrected chi connectivity index (χ1v) is 8.54. The quantitative estimate of drug-likeness (QED) is 0.721. The molecule has 0 spiro atoms. The fraction of sp³-hybridized carbons (Fsp3) is 0.190. The Balaban J connectivity index is 1.73. The van der Waals surface area contributed by atoms with Crippen molar-refractivity contribution in [3.63, 3.8) is 0 Å². The van der Waals surface area contributed by atoms with Gasteiger partial charge in [-0.3, -0.25) is 9.78 Å². The molecular formula is C21H21N3O3. The lowest BCUT2D eigenvalue weighted by Crippen LogP contribution is -2.24. The first-order valence-electron chi connectivity index (χ1n) is 8.54. The first kappa shape index (κ1) is 18.4. The van der Waals surface area contributed by atoms with Crippen LogP contribution in [0.25, 0.3) is 0 Å². The summed E-state index contributed by atoms with van der Waals surface area (Å²) < 4.78 is 11.1. The second-order valence-corrected chi connectivity index (χ2v) is 6.02. The number of hydrogen-bond donors (Lipinski definition) is 1. The molecule has 0 fully saturated rings. The fourth-order valence-electron chi connectivity index (χ4n) is 2.63. The van der Waals surface area contributed by atoms with E-state index in [9.17, 15) is 4.79 Å². The van der Waals surface area contributed by atoms with Crippen LogP contribution in [0.15, 0.2) is 54.9 Å². The fourth-order valence-corrected chi connectivity index (χ4v) is 2.63. The van der Waals surface area contributed by atoms with Crippen LogP contribution in [-0.2, 0) is 6.54 Å². The highest BCUT2D eigenvalue weighted by molar-refractivity contribution is 5.96.